The Hall–Kier alpha value is -1.76. The van der Waals surface area contributed by atoms with Gasteiger partial charge in [-0.15, -0.1) is 0 Å². The fraction of sp³-hybridized carbons (Fsp3) is 0.500. The van der Waals surface area contributed by atoms with Gasteiger partial charge in [0.15, 0.2) is 0 Å². The number of carbonyl (C=O) groups is 2. The predicted octanol–water partition coefficient (Wildman–Crippen LogP) is 2.72. The summed E-state index contributed by atoms with van der Waals surface area (Å²) in [6.07, 6.45) is 0.286. The molecule has 0 aliphatic carbocycles. The predicted molar refractivity (Wildman–Crippen MR) is 89.6 cm³/mol. The van der Waals surface area contributed by atoms with Crippen molar-refractivity contribution in [2.75, 3.05) is 19.6 Å². The lowest BCUT2D eigenvalue weighted by Crippen LogP contribution is -2.43. The van der Waals surface area contributed by atoms with E-state index in [1.807, 2.05) is 31.2 Å². The van der Waals surface area contributed by atoms with Crippen LogP contribution in [0.3, 0.4) is 0 Å². The second-order valence-electron chi connectivity index (χ2n) is 6.11. The summed E-state index contributed by atoms with van der Waals surface area (Å²) >= 11 is 3.36. The van der Waals surface area contributed by atoms with E-state index in [1.165, 1.54) is 0 Å². The molecule has 6 nitrogen and oxygen atoms in total. The summed E-state index contributed by atoms with van der Waals surface area (Å²) in [7, 11) is 0. The SMILES string of the molecule is CC(CNC(=O)N1CCC(C)(C(=O)O)C1)Oc1ccc(Br)cc1. The number of amides is 2. The highest BCUT2D eigenvalue weighted by Gasteiger charge is 2.42. The third kappa shape index (κ3) is 4.60. The molecule has 0 radical (unpaired) electrons. The zero-order valence-electron chi connectivity index (χ0n) is 13.2. The molecule has 1 aliphatic rings. The van der Waals surface area contributed by atoms with Crippen LogP contribution in [0.1, 0.15) is 20.3 Å². The number of nitrogens with zero attached hydrogens (tertiary/aromatic N) is 1. The average Bonchev–Trinajstić information content (AvgIpc) is 2.91. The number of nitrogens with one attached hydrogen (secondary N) is 1. The van der Waals surface area contributed by atoms with Gasteiger partial charge in [0.2, 0.25) is 0 Å². The van der Waals surface area contributed by atoms with Gasteiger partial charge in [0, 0.05) is 17.6 Å². The molecule has 2 amide bonds. The Morgan fingerprint density at radius 1 is 1.43 bits per heavy atom. The number of carboxylic acids is 1. The summed E-state index contributed by atoms with van der Waals surface area (Å²) in [5.74, 6) is -0.130. The molecule has 2 unspecified atom stereocenters. The number of ether oxygens (including phenoxy) is 1. The molecule has 23 heavy (non-hydrogen) atoms. The number of hydrogen-bond donors (Lipinski definition) is 2. The first-order chi connectivity index (χ1) is 10.8. The summed E-state index contributed by atoms with van der Waals surface area (Å²) < 4.78 is 6.69. The van der Waals surface area contributed by atoms with E-state index in [0.717, 1.165) is 10.2 Å². The molecule has 0 spiro atoms. The first-order valence-electron chi connectivity index (χ1n) is 7.48. The van der Waals surface area contributed by atoms with Crippen LogP contribution in [-0.2, 0) is 4.79 Å². The van der Waals surface area contributed by atoms with E-state index in [4.69, 9.17) is 4.74 Å². The Kier molecular flexibility index (Phi) is 5.51. The molecule has 2 N–H and O–H groups in total. The van der Waals surface area contributed by atoms with Gasteiger partial charge in [-0.05, 0) is 44.5 Å². The van der Waals surface area contributed by atoms with Gasteiger partial charge in [-0.2, -0.15) is 0 Å². The van der Waals surface area contributed by atoms with E-state index >= 15 is 0 Å². The maximum atomic E-state index is 12.1. The minimum Gasteiger partial charge on any atom is -0.489 e. The van der Waals surface area contributed by atoms with Crippen molar-refractivity contribution < 1.29 is 19.4 Å². The van der Waals surface area contributed by atoms with Gasteiger partial charge in [-0.3, -0.25) is 4.79 Å². The lowest BCUT2D eigenvalue weighted by Gasteiger charge is -2.22. The quantitative estimate of drug-likeness (QED) is 0.817. The standard InChI is InChI=1S/C16H21BrN2O4/c1-11(23-13-5-3-12(17)4-6-13)9-18-15(22)19-8-7-16(2,10-19)14(20)21/h3-6,11H,7-10H2,1-2H3,(H,18,22)(H,20,21). The number of hydrogen-bond acceptors (Lipinski definition) is 3. The fourth-order valence-electron chi connectivity index (χ4n) is 2.44. The van der Waals surface area contributed by atoms with Crippen LogP contribution in [0.2, 0.25) is 0 Å². The Morgan fingerprint density at radius 2 is 2.09 bits per heavy atom. The van der Waals surface area contributed by atoms with Crippen LogP contribution in [0.25, 0.3) is 0 Å². The van der Waals surface area contributed by atoms with Crippen LogP contribution >= 0.6 is 15.9 Å². The van der Waals surface area contributed by atoms with Gasteiger partial charge >= 0.3 is 12.0 Å². The van der Waals surface area contributed by atoms with Crippen molar-refractivity contribution in [1.29, 1.82) is 0 Å². The summed E-state index contributed by atoms with van der Waals surface area (Å²) in [5.41, 5.74) is -0.850. The molecule has 1 heterocycles. The number of benzene rings is 1. The Bertz CT molecular complexity index is 578. The largest absolute Gasteiger partial charge is 0.489 e. The van der Waals surface area contributed by atoms with Gasteiger partial charge in [0.25, 0.3) is 0 Å². The second-order valence-corrected chi connectivity index (χ2v) is 7.02. The van der Waals surface area contributed by atoms with Crippen molar-refractivity contribution in [3.8, 4) is 5.75 Å². The lowest BCUT2D eigenvalue weighted by molar-refractivity contribution is -0.147. The summed E-state index contributed by atoms with van der Waals surface area (Å²) in [4.78, 5) is 24.9. The molecule has 1 fully saturated rings. The van der Waals surface area contributed by atoms with Crippen LogP contribution < -0.4 is 10.1 Å². The summed E-state index contributed by atoms with van der Waals surface area (Å²) in [5, 5.41) is 12.0. The van der Waals surface area contributed by atoms with Crippen molar-refractivity contribution >= 4 is 27.9 Å². The van der Waals surface area contributed by atoms with E-state index in [0.29, 0.717) is 19.5 Å². The van der Waals surface area contributed by atoms with Crippen LogP contribution in [0.4, 0.5) is 4.79 Å². The molecular formula is C16H21BrN2O4. The monoisotopic (exact) mass is 384 g/mol. The zero-order valence-corrected chi connectivity index (χ0v) is 14.8. The molecule has 1 aliphatic heterocycles. The molecule has 0 aromatic heterocycles. The number of aliphatic carboxylic acids is 1. The Labute approximate surface area is 143 Å². The first kappa shape index (κ1) is 17.6. The van der Waals surface area contributed by atoms with Crippen molar-refractivity contribution in [2.45, 2.75) is 26.4 Å². The third-order valence-electron chi connectivity index (χ3n) is 3.97. The van der Waals surface area contributed by atoms with E-state index in [1.54, 1.807) is 11.8 Å². The number of carboxylic acid groups (broad SMARTS) is 1. The van der Waals surface area contributed by atoms with Gasteiger partial charge in [-0.1, -0.05) is 15.9 Å². The van der Waals surface area contributed by atoms with Gasteiger partial charge in [-0.25, -0.2) is 4.79 Å². The molecule has 0 saturated carbocycles. The van der Waals surface area contributed by atoms with Gasteiger partial charge in [0.1, 0.15) is 11.9 Å². The van der Waals surface area contributed by atoms with Crippen LogP contribution in [-0.4, -0.2) is 47.7 Å². The Morgan fingerprint density at radius 3 is 2.65 bits per heavy atom. The topological polar surface area (TPSA) is 78.9 Å². The fourth-order valence-corrected chi connectivity index (χ4v) is 2.70. The molecular weight excluding hydrogens is 364 g/mol. The molecule has 1 aromatic rings. The minimum absolute atomic E-state index is 0.186. The van der Waals surface area contributed by atoms with Crippen LogP contribution in [0, 0.1) is 5.41 Å². The highest BCUT2D eigenvalue weighted by molar-refractivity contribution is 9.10. The maximum absolute atomic E-state index is 12.1. The number of urea groups is 1. The molecule has 2 rings (SSSR count). The summed E-state index contributed by atoms with van der Waals surface area (Å²) in [6.45, 7) is 4.58. The second kappa shape index (κ2) is 7.21. The first-order valence-corrected chi connectivity index (χ1v) is 8.28. The lowest BCUT2D eigenvalue weighted by atomic mass is 9.90. The van der Waals surface area contributed by atoms with Crippen molar-refractivity contribution in [1.82, 2.24) is 10.2 Å². The minimum atomic E-state index is -0.861. The van der Waals surface area contributed by atoms with Gasteiger partial charge in [0.05, 0.1) is 12.0 Å². The smallest absolute Gasteiger partial charge is 0.317 e. The van der Waals surface area contributed by atoms with E-state index < -0.39 is 11.4 Å². The molecule has 0 bridgehead atoms. The average molecular weight is 385 g/mol. The summed E-state index contributed by atoms with van der Waals surface area (Å²) in [6, 6.07) is 7.22. The molecule has 7 heteroatoms. The van der Waals surface area contributed by atoms with Gasteiger partial charge < -0.3 is 20.1 Å². The van der Waals surface area contributed by atoms with E-state index in [9.17, 15) is 14.7 Å². The zero-order chi connectivity index (χ0) is 17.0. The number of likely N-dealkylation sites (tertiary alicyclic amines) is 1. The number of carbonyl (C=O) groups excluding carboxylic acids is 1. The van der Waals surface area contributed by atoms with Crippen molar-refractivity contribution in [2.24, 2.45) is 5.41 Å². The highest BCUT2D eigenvalue weighted by Crippen LogP contribution is 2.29. The number of rotatable bonds is 5. The molecule has 2 atom stereocenters. The van der Waals surface area contributed by atoms with Crippen LogP contribution in [0.5, 0.6) is 5.75 Å². The Balaban J connectivity index is 1.78. The maximum Gasteiger partial charge on any atom is 0.317 e. The van der Waals surface area contributed by atoms with Crippen LogP contribution in [0.15, 0.2) is 28.7 Å². The van der Waals surface area contributed by atoms with Crippen molar-refractivity contribution in [3.05, 3.63) is 28.7 Å². The number of halogens is 1. The third-order valence-corrected chi connectivity index (χ3v) is 4.50. The molecule has 1 saturated heterocycles. The normalized spacial score (nSPS) is 21.8. The molecule has 126 valence electrons. The van der Waals surface area contributed by atoms with Crippen molar-refractivity contribution in [3.63, 3.8) is 0 Å². The van der Waals surface area contributed by atoms with E-state index in [2.05, 4.69) is 21.2 Å². The van der Waals surface area contributed by atoms with E-state index in [-0.39, 0.29) is 18.7 Å². The molecule has 1 aromatic carbocycles. The highest BCUT2D eigenvalue weighted by atomic mass is 79.9.